The van der Waals surface area contributed by atoms with Gasteiger partial charge in [0, 0.05) is 23.7 Å². The molecule has 0 saturated heterocycles. The Morgan fingerprint density at radius 1 is 1.36 bits per heavy atom. The van der Waals surface area contributed by atoms with Gasteiger partial charge in [-0.05, 0) is 25.0 Å². The standard InChI is InChI=1S/C19H22ClN3O2/c1-25-16-7-3-2-6-14(16)19(8-4-5-9-19)12-23-18-15(20)10-13(11-22-18)17(21)24/h2-3,6-7,10-11H,4-5,8-9,12H2,1H3,(H2,21,24)(H,22,23). The molecule has 5 nitrogen and oxygen atoms in total. The highest BCUT2D eigenvalue weighted by atomic mass is 35.5. The lowest BCUT2D eigenvalue weighted by Crippen LogP contribution is -2.32. The van der Waals surface area contributed by atoms with Crippen LogP contribution in [0.5, 0.6) is 5.75 Å². The van der Waals surface area contributed by atoms with Gasteiger partial charge in [0.15, 0.2) is 0 Å². The second-order valence-electron chi connectivity index (χ2n) is 6.46. The lowest BCUT2D eigenvalue weighted by atomic mass is 9.78. The second kappa shape index (κ2) is 7.31. The molecule has 1 heterocycles. The van der Waals surface area contributed by atoms with E-state index >= 15 is 0 Å². The Morgan fingerprint density at radius 2 is 2.08 bits per heavy atom. The minimum atomic E-state index is -0.540. The number of primary amides is 1. The van der Waals surface area contributed by atoms with Crippen molar-refractivity contribution in [3.8, 4) is 5.75 Å². The monoisotopic (exact) mass is 359 g/mol. The molecule has 1 amide bonds. The topological polar surface area (TPSA) is 77.2 Å². The zero-order chi connectivity index (χ0) is 17.9. The first-order valence-corrected chi connectivity index (χ1v) is 8.76. The van der Waals surface area contributed by atoms with Crippen LogP contribution in [0.4, 0.5) is 5.82 Å². The Labute approximate surface area is 152 Å². The van der Waals surface area contributed by atoms with Crippen molar-refractivity contribution in [2.75, 3.05) is 19.0 Å². The van der Waals surface area contributed by atoms with E-state index in [2.05, 4.69) is 16.4 Å². The largest absolute Gasteiger partial charge is 0.496 e. The molecule has 6 heteroatoms. The zero-order valence-corrected chi connectivity index (χ0v) is 15.0. The van der Waals surface area contributed by atoms with Gasteiger partial charge in [0.05, 0.1) is 17.7 Å². The first-order chi connectivity index (χ1) is 12.1. The van der Waals surface area contributed by atoms with Gasteiger partial charge in [0.1, 0.15) is 11.6 Å². The number of nitrogens with one attached hydrogen (secondary N) is 1. The SMILES string of the molecule is COc1ccccc1C1(CNc2ncc(C(N)=O)cc2Cl)CCCC1. The number of methoxy groups -OCH3 is 1. The van der Waals surface area contributed by atoms with Crippen molar-refractivity contribution in [1.82, 2.24) is 4.98 Å². The molecule has 0 unspecified atom stereocenters. The predicted molar refractivity (Wildman–Crippen MR) is 99.4 cm³/mol. The van der Waals surface area contributed by atoms with Crippen LogP contribution in [0.2, 0.25) is 5.02 Å². The zero-order valence-electron chi connectivity index (χ0n) is 14.2. The third kappa shape index (κ3) is 3.56. The van der Waals surface area contributed by atoms with Gasteiger partial charge in [0.25, 0.3) is 0 Å². The molecule has 25 heavy (non-hydrogen) atoms. The van der Waals surface area contributed by atoms with E-state index in [9.17, 15) is 4.79 Å². The fraction of sp³-hybridized carbons (Fsp3) is 0.368. The van der Waals surface area contributed by atoms with E-state index in [1.165, 1.54) is 24.6 Å². The predicted octanol–water partition coefficient (Wildman–Crippen LogP) is 3.77. The van der Waals surface area contributed by atoms with Crippen molar-refractivity contribution in [1.29, 1.82) is 0 Å². The molecule has 3 N–H and O–H groups in total. The average molecular weight is 360 g/mol. The summed E-state index contributed by atoms with van der Waals surface area (Å²) in [5.41, 5.74) is 6.77. The summed E-state index contributed by atoms with van der Waals surface area (Å²) in [4.78, 5) is 15.5. The number of ether oxygens (including phenoxy) is 1. The van der Waals surface area contributed by atoms with Gasteiger partial charge in [-0.25, -0.2) is 4.98 Å². The van der Waals surface area contributed by atoms with Crippen LogP contribution in [0.3, 0.4) is 0 Å². The fourth-order valence-corrected chi connectivity index (χ4v) is 3.86. The highest BCUT2D eigenvalue weighted by Gasteiger charge is 2.37. The van der Waals surface area contributed by atoms with E-state index in [-0.39, 0.29) is 5.41 Å². The first kappa shape index (κ1) is 17.5. The third-order valence-corrected chi connectivity index (χ3v) is 5.25. The summed E-state index contributed by atoms with van der Waals surface area (Å²) in [5, 5.41) is 3.75. The molecule has 0 atom stereocenters. The molecule has 3 rings (SSSR count). The van der Waals surface area contributed by atoms with Gasteiger partial charge in [-0.15, -0.1) is 0 Å². The molecular weight excluding hydrogens is 338 g/mol. The molecular formula is C19H22ClN3O2. The summed E-state index contributed by atoms with van der Waals surface area (Å²) >= 11 is 6.25. The molecule has 0 bridgehead atoms. The number of anilines is 1. The van der Waals surface area contributed by atoms with Crippen LogP contribution in [0.25, 0.3) is 0 Å². The first-order valence-electron chi connectivity index (χ1n) is 8.38. The van der Waals surface area contributed by atoms with E-state index in [0.717, 1.165) is 18.6 Å². The van der Waals surface area contributed by atoms with Crippen LogP contribution >= 0.6 is 11.6 Å². The van der Waals surface area contributed by atoms with Gasteiger partial charge >= 0.3 is 0 Å². The molecule has 2 aromatic rings. The number of halogens is 1. The van der Waals surface area contributed by atoms with Crippen molar-refractivity contribution >= 4 is 23.3 Å². The third-order valence-electron chi connectivity index (χ3n) is 4.96. The Hall–Kier alpha value is -2.27. The van der Waals surface area contributed by atoms with Crippen molar-refractivity contribution in [3.05, 3.63) is 52.7 Å². The van der Waals surface area contributed by atoms with Crippen LogP contribution in [0.1, 0.15) is 41.6 Å². The molecule has 1 fully saturated rings. The molecule has 1 aliphatic rings. The maximum atomic E-state index is 11.2. The number of pyridine rings is 1. The minimum Gasteiger partial charge on any atom is -0.496 e. The summed E-state index contributed by atoms with van der Waals surface area (Å²) in [5.74, 6) is 0.935. The molecule has 0 aliphatic heterocycles. The molecule has 1 aliphatic carbocycles. The van der Waals surface area contributed by atoms with E-state index in [0.29, 0.717) is 22.9 Å². The van der Waals surface area contributed by atoms with Crippen molar-refractivity contribution in [3.63, 3.8) is 0 Å². The minimum absolute atomic E-state index is 0.0139. The van der Waals surface area contributed by atoms with E-state index in [1.807, 2.05) is 18.2 Å². The van der Waals surface area contributed by atoms with Crippen LogP contribution in [-0.2, 0) is 5.41 Å². The Kier molecular flexibility index (Phi) is 5.13. The van der Waals surface area contributed by atoms with Gasteiger partial charge in [0.2, 0.25) is 5.91 Å². The highest BCUT2D eigenvalue weighted by Crippen LogP contribution is 2.44. The van der Waals surface area contributed by atoms with Crippen molar-refractivity contribution < 1.29 is 9.53 Å². The molecule has 0 spiro atoms. The maximum Gasteiger partial charge on any atom is 0.250 e. The summed E-state index contributed by atoms with van der Waals surface area (Å²) in [7, 11) is 1.70. The molecule has 1 aromatic heterocycles. The van der Waals surface area contributed by atoms with E-state index in [1.54, 1.807) is 13.2 Å². The molecule has 1 aromatic carbocycles. The van der Waals surface area contributed by atoms with E-state index < -0.39 is 5.91 Å². The number of nitrogens with two attached hydrogens (primary N) is 1. The van der Waals surface area contributed by atoms with Crippen molar-refractivity contribution in [2.24, 2.45) is 5.73 Å². The Morgan fingerprint density at radius 3 is 2.72 bits per heavy atom. The highest BCUT2D eigenvalue weighted by molar-refractivity contribution is 6.33. The van der Waals surface area contributed by atoms with Gasteiger partial charge in [-0.3, -0.25) is 4.79 Å². The maximum absolute atomic E-state index is 11.2. The average Bonchev–Trinajstić information content (AvgIpc) is 3.10. The van der Waals surface area contributed by atoms with Gasteiger partial charge in [-0.2, -0.15) is 0 Å². The summed E-state index contributed by atoms with van der Waals surface area (Å²) in [6.45, 7) is 0.704. The lowest BCUT2D eigenvalue weighted by Gasteiger charge is -2.31. The number of carbonyl (C=O) groups is 1. The second-order valence-corrected chi connectivity index (χ2v) is 6.87. The fourth-order valence-electron chi connectivity index (χ4n) is 3.63. The number of hydrogen-bond acceptors (Lipinski definition) is 4. The van der Waals surface area contributed by atoms with Crippen molar-refractivity contribution in [2.45, 2.75) is 31.1 Å². The molecule has 0 radical (unpaired) electrons. The number of amides is 1. The Balaban J connectivity index is 1.85. The number of benzene rings is 1. The van der Waals surface area contributed by atoms with Crippen LogP contribution in [-0.4, -0.2) is 24.5 Å². The molecule has 1 saturated carbocycles. The summed E-state index contributed by atoms with van der Waals surface area (Å²) in [6, 6.07) is 9.72. The number of rotatable bonds is 6. The number of carbonyl (C=O) groups excluding carboxylic acids is 1. The van der Waals surface area contributed by atoms with Gasteiger partial charge in [-0.1, -0.05) is 42.6 Å². The smallest absolute Gasteiger partial charge is 0.250 e. The molecule has 132 valence electrons. The van der Waals surface area contributed by atoms with Crippen LogP contribution in [0.15, 0.2) is 36.5 Å². The summed E-state index contributed by atoms with van der Waals surface area (Å²) in [6.07, 6.45) is 5.97. The number of aromatic nitrogens is 1. The number of nitrogens with zero attached hydrogens (tertiary/aromatic N) is 1. The Bertz CT molecular complexity index is 773. The van der Waals surface area contributed by atoms with Crippen LogP contribution < -0.4 is 15.8 Å². The quantitative estimate of drug-likeness (QED) is 0.823. The normalized spacial score (nSPS) is 15.8. The van der Waals surface area contributed by atoms with E-state index in [4.69, 9.17) is 22.1 Å². The van der Waals surface area contributed by atoms with Gasteiger partial charge < -0.3 is 15.8 Å². The lowest BCUT2D eigenvalue weighted by molar-refractivity contribution is 0.1000. The number of para-hydroxylation sites is 1. The number of hydrogen-bond donors (Lipinski definition) is 2. The van der Waals surface area contributed by atoms with Crippen LogP contribution in [0, 0.1) is 0 Å². The summed E-state index contributed by atoms with van der Waals surface area (Å²) < 4.78 is 5.58.